The fraction of sp³-hybridized carbons (Fsp3) is 0.296. The molecular weight excluding hydrogens is 552 g/mol. The van der Waals surface area contributed by atoms with Gasteiger partial charge in [0.1, 0.15) is 5.75 Å². The smallest absolute Gasteiger partial charge is 0.453 e. The van der Waals surface area contributed by atoms with Crippen molar-refractivity contribution < 1.29 is 17.9 Å². The van der Waals surface area contributed by atoms with Gasteiger partial charge in [0.2, 0.25) is 0 Å². The molecule has 7 nitrogen and oxygen atoms in total. The summed E-state index contributed by atoms with van der Waals surface area (Å²) in [5.41, 5.74) is 3.45. The molecule has 0 spiro atoms. The number of alkyl halides is 3. The summed E-state index contributed by atoms with van der Waals surface area (Å²) >= 11 is 0. The number of benzene rings is 3. The van der Waals surface area contributed by atoms with Gasteiger partial charge in [-0.3, -0.25) is 4.90 Å². The molecular formula is C27H29Cl2F3N6O. The average Bonchev–Trinajstić information content (AvgIpc) is 3.42. The number of hydrogen-bond acceptors (Lipinski definition) is 6. The lowest BCUT2D eigenvalue weighted by atomic mass is 9.84. The summed E-state index contributed by atoms with van der Waals surface area (Å²) in [5, 5.41) is 13.7. The summed E-state index contributed by atoms with van der Waals surface area (Å²) < 4.78 is 46.4. The van der Waals surface area contributed by atoms with Gasteiger partial charge in [-0.1, -0.05) is 60.7 Å². The largest absolute Gasteiger partial charge is 0.496 e. The lowest BCUT2D eigenvalue weighted by Gasteiger charge is -2.38. The van der Waals surface area contributed by atoms with Crippen molar-refractivity contribution in [2.45, 2.75) is 24.7 Å². The molecule has 4 aromatic rings. The Morgan fingerprint density at radius 2 is 1.62 bits per heavy atom. The Balaban J connectivity index is 0.00000210. The summed E-state index contributed by atoms with van der Waals surface area (Å²) in [6, 6.07) is 25.8. The fourth-order valence-electron chi connectivity index (χ4n) is 4.99. The molecule has 3 aromatic carbocycles. The molecule has 1 aliphatic heterocycles. The molecule has 1 aromatic heterocycles. The Morgan fingerprint density at radius 1 is 0.974 bits per heavy atom. The standard InChI is InChI=1S/C27H27F3N6O.2ClH/c1-37-24-13-12-22(36-26(27(28,29)30)32-33-34-36)16-21(24)17-35-15-14-31-23(18-35)25(19-8-4-2-5-9-19)20-10-6-3-7-11-20;;/h2-13,16,23,25,31H,14-15,17-18H2,1H3;2*1H/t23-;;/m0../s1. The molecule has 0 amide bonds. The van der Waals surface area contributed by atoms with E-state index in [2.05, 4.69) is 74.3 Å². The quantitative estimate of drug-likeness (QED) is 0.326. The van der Waals surface area contributed by atoms with Gasteiger partial charge in [0.15, 0.2) is 0 Å². The lowest BCUT2D eigenvalue weighted by molar-refractivity contribution is -0.146. The molecule has 1 N–H and O–H groups in total. The average molecular weight is 581 g/mol. The van der Waals surface area contributed by atoms with Gasteiger partial charge in [-0.05, 0) is 39.8 Å². The first-order valence-electron chi connectivity index (χ1n) is 12.0. The first-order valence-corrected chi connectivity index (χ1v) is 12.0. The van der Waals surface area contributed by atoms with Crippen molar-refractivity contribution in [2.75, 3.05) is 26.7 Å². The molecule has 1 aliphatic rings. The number of ether oxygens (including phenoxy) is 1. The summed E-state index contributed by atoms with van der Waals surface area (Å²) in [5.74, 6) is -0.420. The predicted molar refractivity (Wildman–Crippen MR) is 147 cm³/mol. The summed E-state index contributed by atoms with van der Waals surface area (Å²) in [7, 11) is 1.55. The van der Waals surface area contributed by atoms with Crippen LogP contribution in [0.15, 0.2) is 78.9 Å². The third-order valence-corrected chi connectivity index (χ3v) is 6.63. The highest BCUT2D eigenvalue weighted by Gasteiger charge is 2.38. The Kier molecular flexibility index (Phi) is 10.3. The molecule has 0 bridgehead atoms. The molecule has 1 saturated heterocycles. The zero-order chi connectivity index (χ0) is 25.8. The van der Waals surface area contributed by atoms with Crippen LogP contribution in [-0.4, -0.2) is 57.9 Å². The van der Waals surface area contributed by atoms with Gasteiger partial charge in [-0.15, -0.1) is 29.9 Å². The minimum absolute atomic E-state index is 0. The van der Waals surface area contributed by atoms with E-state index in [1.807, 2.05) is 12.1 Å². The van der Waals surface area contributed by atoms with E-state index in [0.717, 1.165) is 25.2 Å². The van der Waals surface area contributed by atoms with Crippen LogP contribution in [0, 0.1) is 0 Å². The van der Waals surface area contributed by atoms with Crippen molar-refractivity contribution in [3.8, 4) is 11.4 Å². The molecule has 39 heavy (non-hydrogen) atoms. The van der Waals surface area contributed by atoms with Crippen LogP contribution in [0.3, 0.4) is 0 Å². The summed E-state index contributed by atoms with van der Waals surface area (Å²) in [4.78, 5) is 2.30. The summed E-state index contributed by atoms with van der Waals surface area (Å²) in [6.45, 7) is 2.84. The minimum atomic E-state index is -4.67. The van der Waals surface area contributed by atoms with E-state index >= 15 is 0 Å². The number of aromatic nitrogens is 4. The summed E-state index contributed by atoms with van der Waals surface area (Å²) in [6.07, 6.45) is -4.67. The van der Waals surface area contributed by atoms with E-state index in [1.54, 1.807) is 19.2 Å². The van der Waals surface area contributed by atoms with E-state index in [9.17, 15) is 13.2 Å². The third kappa shape index (κ3) is 6.88. The maximum absolute atomic E-state index is 13.4. The van der Waals surface area contributed by atoms with E-state index in [4.69, 9.17) is 4.74 Å². The van der Waals surface area contributed by atoms with E-state index in [0.29, 0.717) is 17.0 Å². The Labute approximate surface area is 237 Å². The molecule has 0 saturated carbocycles. The number of nitrogens with one attached hydrogen (secondary N) is 1. The van der Waals surface area contributed by atoms with Crippen LogP contribution in [0.5, 0.6) is 5.75 Å². The van der Waals surface area contributed by atoms with Gasteiger partial charge in [-0.2, -0.15) is 17.9 Å². The molecule has 0 aliphatic carbocycles. The number of hydrogen-bond donors (Lipinski definition) is 1. The van der Waals surface area contributed by atoms with Crippen molar-refractivity contribution >= 4 is 24.8 Å². The number of piperazine rings is 1. The molecule has 0 radical (unpaired) electrons. The Bertz CT molecular complexity index is 1280. The van der Waals surface area contributed by atoms with Crippen LogP contribution < -0.4 is 10.1 Å². The van der Waals surface area contributed by atoms with Gasteiger partial charge in [-0.25, -0.2) is 0 Å². The number of nitrogens with zero attached hydrogens (tertiary/aromatic N) is 5. The number of halogens is 5. The number of methoxy groups -OCH3 is 1. The molecule has 0 unspecified atom stereocenters. The number of rotatable bonds is 7. The van der Waals surface area contributed by atoms with Crippen molar-refractivity contribution in [1.82, 2.24) is 30.4 Å². The monoisotopic (exact) mass is 580 g/mol. The zero-order valence-corrected chi connectivity index (χ0v) is 22.7. The molecule has 1 fully saturated rings. The first-order chi connectivity index (χ1) is 17.9. The highest BCUT2D eigenvalue weighted by molar-refractivity contribution is 5.85. The Morgan fingerprint density at radius 3 is 2.21 bits per heavy atom. The SMILES string of the molecule is COc1ccc(-n2nnnc2C(F)(F)F)cc1CN1CCN[C@H](C(c2ccccc2)c2ccccc2)C1.Cl.Cl. The van der Waals surface area contributed by atoms with Gasteiger partial charge in [0.25, 0.3) is 5.82 Å². The van der Waals surface area contributed by atoms with Gasteiger partial charge in [0.05, 0.1) is 12.8 Å². The van der Waals surface area contributed by atoms with Crippen LogP contribution in [0.1, 0.15) is 28.4 Å². The fourth-order valence-corrected chi connectivity index (χ4v) is 4.99. The minimum Gasteiger partial charge on any atom is -0.496 e. The van der Waals surface area contributed by atoms with Gasteiger partial charge in [0, 0.05) is 43.7 Å². The van der Waals surface area contributed by atoms with Gasteiger partial charge >= 0.3 is 6.18 Å². The molecule has 2 heterocycles. The van der Waals surface area contributed by atoms with Crippen molar-refractivity contribution in [2.24, 2.45) is 0 Å². The maximum Gasteiger partial charge on any atom is 0.453 e. The highest BCUT2D eigenvalue weighted by Crippen LogP contribution is 2.32. The Hall–Kier alpha value is -3.18. The predicted octanol–water partition coefficient (Wildman–Crippen LogP) is 5.14. The van der Waals surface area contributed by atoms with E-state index < -0.39 is 12.0 Å². The molecule has 12 heteroatoms. The van der Waals surface area contributed by atoms with Crippen LogP contribution in [0.4, 0.5) is 13.2 Å². The third-order valence-electron chi connectivity index (χ3n) is 6.63. The second-order valence-corrected chi connectivity index (χ2v) is 9.00. The highest BCUT2D eigenvalue weighted by atomic mass is 35.5. The van der Waals surface area contributed by atoms with Crippen LogP contribution >= 0.6 is 24.8 Å². The topological polar surface area (TPSA) is 68.1 Å². The van der Waals surface area contributed by atoms with Crippen molar-refractivity contribution in [3.63, 3.8) is 0 Å². The normalized spacial score (nSPS) is 15.9. The second-order valence-electron chi connectivity index (χ2n) is 9.00. The first kappa shape index (κ1) is 30.4. The number of tetrazole rings is 1. The van der Waals surface area contributed by atoms with E-state index in [-0.39, 0.29) is 42.5 Å². The van der Waals surface area contributed by atoms with Crippen molar-refractivity contribution in [1.29, 1.82) is 0 Å². The van der Waals surface area contributed by atoms with Crippen LogP contribution in [0.25, 0.3) is 5.69 Å². The van der Waals surface area contributed by atoms with Crippen LogP contribution in [-0.2, 0) is 12.7 Å². The maximum atomic E-state index is 13.4. The van der Waals surface area contributed by atoms with Gasteiger partial charge < -0.3 is 10.1 Å². The zero-order valence-electron chi connectivity index (χ0n) is 21.1. The second kappa shape index (κ2) is 13.3. The molecule has 1 atom stereocenters. The lowest BCUT2D eigenvalue weighted by Crippen LogP contribution is -2.52. The van der Waals surface area contributed by atoms with Crippen LogP contribution in [0.2, 0.25) is 0 Å². The molecule has 208 valence electrons. The van der Waals surface area contributed by atoms with E-state index in [1.165, 1.54) is 17.2 Å². The molecule has 5 rings (SSSR count). The van der Waals surface area contributed by atoms with Crippen molar-refractivity contribution in [3.05, 3.63) is 101 Å².